The molecular formula is C12H21N3. The third-order valence-electron chi connectivity index (χ3n) is 3.74. The molecule has 0 saturated heterocycles. The molecule has 0 amide bonds. The van der Waals surface area contributed by atoms with Crippen LogP contribution in [-0.4, -0.2) is 22.9 Å². The van der Waals surface area contributed by atoms with Crippen molar-refractivity contribution in [2.24, 2.45) is 5.92 Å². The maximum atomic E-state index is 4.38. The Balaban J connectivity index is 2.10. The van der Waals surface area contributed by atoms with Gasteiger partial charge in [0.15, 0.2) is 0 Å². The van der Waals surface area contributed by atoms with Crippen molar-refractivity contribution < 1.29 is 0 Å². The number of hydrogen-bond acceptors (Lipinski definition) is 2. The van der Waals surface area contributed by atoms with Gasteiger partial charge in [-0.1, -0.05) is 13.3 Å². The second kappa shape index (κ2) is 4.79. The lowest BCUT2D eigenvalue weighted by Gasteiger charge is -2.35. The molecule has 3 atom stereocenters. The number of aromatic nitrogens is 2. The van der Waals surface area contributed by atoms with Crippen molar-refractivity contribution in [2.75, 3.05) is 7.05 Å². The number of rotatable bonds is 3. The Morgan fingerprint density at radius 3 is 2.93 bits per heavy atom. The Kier molecular flexibility index (Phi) is 3.41. The Hall–Kier alpha value is -0.830. The van der Waals surface area contributed by atoms with Crippen LogP contribution in [0.25, 0.3) is 0 Å². The van der Waals surface area contributed by atoms with Crippen molar-refractivity contribution in [1.82, 2.24) is 15.1 Å². The van der Waals surface area contributed by atoms with E-state index >= 15 is 0 Å². The highest BCUT2D eigenvalue weighted by Crippen LogP contribution is 2.33. The molecule has 0 spiro atoms. The highest BCUT2D eigenvalue weighted by molar-refractivity contribution is 4.90. The summed E-state index contributed by atoms with van der Waals surface area (Å²) < 4.78 is 2.13. The van der Waals surface area contributed by atoms with Crippen LogP contribution in [-0.2, 0) is 0 Å². The molecule has 1 fully saturated rings. The first-order valence-electron chi connectivity index (χ1n) is 6.01. The van der Waals surface area contributed by atoms with Crippen molar-refractivity contribution in [2.45, 2.75) is 44.7 Å². The zero-order chi connectivity index (χ0) is 10.7. The lowest BCUT2D eigenvalue weighted by molar-refractivity contribution is 0.197. The molecule has 84 valence electrons. The van der Waals surface area contributed by atoms with Gasteiger partial charge in [0, 0.05) is 18.4 Å². The molecule has 1 aliphatic carbocycles. The van der Waals surface area contributed by atoms with E-state index in [4.69, 9.17) is 0 Å². The average Bonchev–Trinajstić information content (AvgIpc) is 2.81. The molecular weight excluding hydrogens is 186 g/mol. The van der Waals surface area contributed by atoms with Gasteiger partial charge in [-0.25, -0.2) is 0 Å². The van der Waals surface area contributed by atoms with Crippen LogP contribution in [0.15, 0.2) is 18.5 Å². The van der Waals surface area contributed by atoms with Crippen LogP contribution < -0.4 is 5.32 Å². The van der Waals surface area contributed by atoms with Crippen molar-refractivity contribution in [3.63, 3.8) is 0 Å². The predicted octanol–water partition coefficient (Wildman–Crippen LogP) is 2.22. The molecule has 15 heavy (non-hydrogen) atoms. The van der Waals surface area contributed by atoms with Crippen LogP contribution in [0.1, 0.15) is 38.6 Å². The van der Waals surface area contributed by atoms with Gasteiger partial charge in [0.05, 0.1) is 6.04 Å². The minimum atomic E-state index is 0.545. The van der Waals surface area contributed by atoms with Crippen LogP contribution in [0.2, 0.25) is 0 Å². The SMILES string of the molecule is CCC1CCC(NC)C(n2cccn2)C1. The Morgan fingerprint density at radius 2 is 2.33 bits per heavy atom. The summed E-state index contributed by atoms with van der Waals surface area (Å²) in [5.74, 6) is 0.879. The zero-order valence-corrected chi connectivity index (χ0v) is 9.69. The van der Waals surface area contributed by atoms with E-state index in [2.05, 4.69) is 35.3 Å². The number of likely N-dealkylation sites (N-methyl/N-ethyl adjacent to an activating group) is 1. The van der Waals surface area contributed by atoms with Gasteiger partial charge >= 0.3 is 0 Å². The van der Waals surface area contributed by atoms with Crippen molar-refractivity contribution >= 4 is 0 Å². The van der Waals surface area contributed by atoms with Gasteiger partial charge in [-0.15, -0.1) is 0 Å². The van der Waals surface area contributed by atoms with Crippen LogP contribution in [0.5, 0.6) is 0 Å². The topological polar surface area (TPSA) is 29.9 Å². The molecule has 0 aliphatic heterocycles. The maximum absolute atomic E-state index is 4.38. The Labute approximate surface area is 91.9 Å². The molecule has 1 N–H and O–H groups in total. The summed E-state index contributed by atoms with van der Waals surface area (Å²) in [6.07, 6.45) is 9.17. The normalized spacial score (nSPS) is 31.7. The molecule has 1 heterocycles. The van der Waals surface area contributed by atoms with E-state index in [1.165, 1.54) is 25.7 Å². The monoisotopic (exact) mass is 207 g/mol. The van der Waals surface area contributed by atoms with E-state index in [1.54, 1.807) is 0 Å². The van der Waals surface area contributed by atoms with Gasteiger partial charge in [0.2, 0.25) is 0 Å². The second-order valence-corrected chi connectivity index (χ2v) is 4.54. The van der Waals surface area contributed by atoms with Gasteiger partial charge in [0.1, 0.15) is 0 Å². The fourth-order valence-electron chi connectivity index (χ4n) is 2.71. The highest BCUT2D eigenvalue weighted by Gasteiger charge is 2.30. The largest absolute Gasteiger partial charge is 0.315 e. The molecule has 1 aromatic heterocycles. The first-order chi connectivity index (χ1) is 7.35. The molecule has 0 bridgehead atoms. The van der Waals surface area contributed by atoms with Gasteiger partial charge in [-0.2, -0.15) is 5.10 Å². The van der Waals surface area contributed by atoms with E-state index in [1.807, 2.05) is 12.3 Å². The average molecular weight is 207 g/mol. The van der Waals surface area contributed by atoms with Gasteiger partial charge in [-0.3, -0.25) is 4.68 Å². The quantitative estimate of drug-likeness (QED) is 0.823. The minimum Gasteiger partial charge on any atom is -0.315 e. The molecule has 0 radical (unpaired) electrons. The second-order valence-electron chi connectivity index (χ2n) is 4.54. The van der Waals surface area contributed by atoms with Crippen molar-refractivity contribution in [3.05, 3.63) is 18.5 Å². The van der Waals surface area contributed by atoms with Crippen LogP contribution >= 0.6 is 0 Å². The number of nitrogens with zero attached hydrogens (tertiary/aromatic N) is 2. The zero-order valence-electron chi connectivity index (χ0n) is 9.69. The molecule has 0 aromatic carbocycles. The first-order valence-corrected chi connectivity index (χ1v) is 6.01. The summed E-state index contributed by atoms with van der Waals surface area (Å²) in [6, 6.07) is 3.15. The lowest BCUT2D eigenvalue weighted by Crippen LogP contribution is -2.40. The van der Waals surface area contributed by atoms with Crippen molar-refractivity contribution in [1.29, 1.82) is 0 Å². The molecule has 1 saturated carbocycles. The molecule has 3 unspecified atom stereocenters. The molecule has 2 rings (SSSR count). The minimum absolute atomic E-state index is 0.545. The maximum Gasteiger partial charge on any atom is 0.0674 e. The van der Waals surface area contributed by atoms with Crippen molar-refractivity contribution in [3.8, 4) is 0 Å². The van der Waals surface area contributed by atoms with Gasteiger partial charge < -0.3 is 5.32 Å². The van der Waals surface area contributed by atoms with Gasteiger partial charge in [0.25, 0.3) is 0 Å². The Bertz CT molecular complexity index is 281. The standard InChI is InChI=1S/C12H21N3/c1-3-10-5-6-11(13-2)12(9-10)15-8-4-7-14-15/h4,7-8,10-13H,3,5-6,9H2,1-2H3. The van der Waals surface area contributed by atoms with E-state index < -0.39 is 0 Å². The van der Waals surface area contributed by atoms with E-state index in [-0.39, 0.29) is 0 Å². The van der Waals surface area contributed by atoms with Crippen LogP contribution in [0.3, 0.4) is 0 Å². The Morgan fingerprint density at radius 1 is 1.47 bits per heavy atom. The van der Waals surface area contributed by atoms with Crippen LogP contribution in [0, 0.1) is 5.92 Å². The smallest absolute Gasteiger partial charge is 0.0674 e. The molecule has 1 aliphatic rings. The van der Waals surface area contributed by atoms with E-state index in [0.29, 0.717) is 12.1 Å². The molecule has 3 heteroatoms. The third kappa shape index (κ3) is 2.23. The fraction of sp³-hybridized carbons (Fsp3) is 0.750. The fourth-order valence-corrected chi connectivity index (χ4v) is 2.71. The first kappa shape index (κ1) is 10.7. The lowest BCUT2D eigenvalue weighted by atomic mass is 9.81. The summed E-state index contributed by atoms with van der Waals surface area (Å²) >= 11 is 0. The summed E-state index contributed by atoms with van der Waals surface area (Å²) in [7, 11) is 2.06. The third-order valence-corrected chi connectivity index (χ3v) is 3.74. The summed E-state index contributed by atoms with van der Waals surface area (Å²) in [5, 5.41) is 7.81. The van der Waals surface area contributed by atoms with E-state index in [9.17, 15) is 0 Å². The number of nitrogens with one attached hydrogen (secondary N) is 1. The summed E-state index contributed by atoms with van der Waals surface area (Å²) in [5.41, 5.74) is 0. The summed E-state index contributed by atoms with van der Waals surface area (Å²) in [4.78, 5) is 0. The highest BCUT2D eigenvalue weighted by atomic mass is 15.3. The predicted molar refractivity (Wildman–Crippen MR) is 61.7 cm³/mol. The van der Waals surface area contributed by atoms with Crippen LogP contribution in [0.4, 0.5) is 0 Å². The molecule has 1 aromatic rings. The van der Waals surface area contributed by atoms with E-state index in [0.717, 1.165) is 5.92 Å². The van der Waals surface area contributed by atoms with Gasteiger partial charge in [-0.05, 0) is 38.3 Å². The molecule has 3 nitrogen and oxygen atoms in total. The summed E-state index contributed by atoms with van der Waals surface area (Å²) in [6.45, 7) is 2.30. The number of hydrogen-bond donors (Lipinski definition) is 1.